The lowest BCUT2D eigenvalue weighted by Crippen LogP contribution is -2.27. The van der Waals surface area contributed by atoms with Gasteiger partial charge in [0.25, 0.3) is 0 Å². The molecule has 0 spiro atoms. The van der Waals surface area contributed by atoms with Gasteiger partial charge in [0, 0.05) is 6.61 Å². The summed E-state index contributed by atoms with van der Waals surface area (Å²) in [5.74, 6) is 0.634. The average Bonchev–Trinajstić information content (AvgIpc) is 2.87. The first kappa shape index (κ1) is 26.0. The fourth-order valence-electron chi connectivity index (χ4n) is 4.40. The van der Waals surface area contributed by atoms with Crippen LogP contribution in [0.3, 0.4) is 0 Å². The van der Waals surface area contributed by atoms with Crippen molar-refractivity contribution in [3.05, 3.63) is 71.3 Å². The molecule has 0 amide bonds. The molecule has 3 rings (SSSR count). The molecule has 1 aliphatic heterocycles. The quantitative estimate of drug-likeness (QED) is 0.336. The van der Waals surface area contributed by atoms with Gasteiger partial charge in [-0.1, -0.05) is 61.5 Å². The Morgan fingerprint density at radius 1 is 1.09 bits per heavy atom. The molecule has 0 saturated carbocycles. The van der Waals surface area contributed by atoms with Gasteiger partial charge >= 0.3 is 5.97 Å². The van der Waals surface area contributed by atoms with E-state index in [-0.39, 0.29) is 6.10 Å². The Balaban J connectivity index is 1.43. The standard InChI is InChI=1S/C29H38O5/c1-22(20-33-21-23-10-5-4-6-11-23)18-19-26-16-9-15-25(34-26)14-7-12-24-13-8-17-27(31-2)28(24)29(30)32-3/h4-8,10-13,17,22,25-26H,9,14-16,18-21H2,1-3H3/b12-7+/t22-,25-,26-/m0/s1. The molecular formula is C29H38O5. The van der Waals surface area contributed by atoms with Gasteiger partial charge in [-0.05, 0) is 61.6 Å². The van der Waals surface area contributed by atoms with Gasteiger partial charge in [0.1, 0.15) is 11.3 Å². The summed E-state index contributed by atoms with van der Waals surface area (Å²) < 4.78 is 22.6. The number of hydrogen-bond donors (Lipinski definition) is 0. The molecule has 1 aliphatic rings. The number of carbonyl (C=O) groups excluding carboxylic acids is 1. The molecule has 0 aromatic heterocycles. The van der Waals surface area contributed by atoms with E-state index in [4.69, 9.17) is 18.9 Å². The zero-order valence-electron chi connectivity index (χ0n) is 20.7. The minimum Gasteiger partial charge on any atom is -0.496 e. The Morgan fingerprint density at radius 2 is 1.88 bits per heavy atom. The molecule has 2 aromatic rings. The average molecular weight is 467 g/mol. The van der Waals surface area contributed by atoms with Crippen molar-refractivity contribution in [2.75, 3.05) is 20.8 Å². The third-order valence-electron chi connectivity index (χ3n) is 6.30. The highest BCUT2D eigenvalue weighted by molar-refractivity contribution is 5.96. The Labute approximate surface area is 204 Å². The second-order valence-corrected chi connectivity index (χ2v) is 9.05. The van der Waals surface area contributed by atoms with Gasteiger partial charge in [-0.25, -0.2) is 4.79 Å². The van der Waals surface area contributed by atoms with E-state index in [1.165, 1.54) is 19.1 Å². The molecule has 34 heavy (non-hydrogen) atoms. The van der Waals surface area contributed by atoms with Crippen molar-refractivity contribution >= 4 is 12.0 Å². The molecule has 0 bridgehead atoms. The maximum atomic E-state index is 12.2. The van der Waals surface area contributed by atoms with Crippen molar-refractivity contribution in [3.8, 4) is 5.75 Å². The van der Waals surface area contributed by atoms with E-state index in [1.54, 1.807) is 13.2 Å². The van der Waals surface area contributed by atoms with E-state index >= 15 is 0 Å². The maximum absolute atomic E-state index is 12.2. The van der Waals surface area contributed by atoms with E-state index in [0.29, 0.717) is 29.9 Å². The van der Waals surface area contributed by atoms with Crippen LogP contribution in [0.2, 0.25) is 0 Å². The largest absolute Gasteiger partial charge is 0.496 e. The lowest BCUT2D eigenvalue weighted by Gasteiger charge is -2.30. The van der Waals surface area contributed by atoms with Crippen LogP contribution in [0.4, 0.5) is 0 Å². The van der Waals surface area contributed by atoms with Gasteiger partial charge in [-0.2, -0.15) is 0 Å². The molecule has 2 aromatic carbocycles. The van der Waals surface area contributed by atoms with Crippen molar-refractivity contribution in [3.63, 3.8) is 0 Å². The van der Waals surface area contributed by atoms with E-state index < -0.39 is 5.97 Å². The van der Waals surface area contributed by atoms with Crippen LogP contribution in [0, 0.1) is 5.92 Å². The summed E-state index contributed by atoms with van der Waals surface area (Å²) in [5.41, 5.74) is 2.46. The van der Waals surface area contributed by atoms with Gasteiger partial charge in [-0.3, -0.25) is 0 Å². The smallest absolute Gasteiger partial charge is 0.342 e. The summed E-state index contributed by atoms with van der Waals surface area (Å²) in [6.45, 7) is 3.70. The Morgan fingerprint density at radius 3 is 2.65 bits per heavy atom. The maximum Gasteiger partial charge on any atom is 0.342 e. The Hall–Kier alpha value is -2.63. The summed E-state index contributed by atoms with van der Waals surface area (Å²) in [4.78, 5) is 12.2. The van der Waals surface area contributed by atoms with Crippen molar-refractivity contribution in [2.45, 2.75) is 64.3 Å². The molecule has 184 valence electrons. The van der Waals surface area contributed by atoms with E-state index in [2.05, 4.69) is 25.1 Å². The third-order valence-corrected chi connectivity index (χ3v) is 6.30. The molecule has 3 atom stereocenters. The normalized spacial score (nSPS) is 19.1. The first-order chi connectivity index (χ1) is 16.6. The molecule has 0 N–H and O–H groups in total. The summed E-state index contributed by atoms with van der Waals surface area (Å²) >= 11 is 0. The number of benzene rings is 2. The third kappa shape index (κ3) is 8.00. The molecule has 0 aliphatic carbocycles. The summed E-state index contributed by atoms with van der Waals surface area (Å²) in [6.07, 6.45) is 11.0. The van der Waals surface area contributed by atoms with Gasteiger partial charge in [0.05, 0.1) is 33.0 Å². The zero-order chi connectivity index (χ0) is 24.2. The van der Waals surface area contributed by atoms with Crippen LogP contribution >= 0.6 is 0 Å². The molecule has 5 heteroatoms. The molecule has 5 nitrogen and oxygen atoms in total. The fourth-order valence-corrected chi connectivity index (χ4v) is 4.40. The summed E-state index contributed by atoms with van der Waals surface area (Å²) in [5, 5.41) is 0. The predicted octanol–water partition coefficient (Wildman–Crippen LogP) is 6.46. The topological polar surface area (TPSA) is 54.0 Å². The monoisotopic (exact) mass is 466 g/mol. The van der Waals surface area contributed by atoms with E-state index in [1.807, 2.05) is 36.4 Å². The van der Waals surface area contributed by atoms with Crippen molar-refractivity contribution in [2.24, 2.45) is 5.92 Å². The number of esters is 1. The number of carbonyl (C=O) groups is 1. The zero-order valence-corrected chi connectivity index (χ0v) is 20.7. The Bertz CT molecular complexity index is 908. The molecule has 1 fully saturated rings. The Kier molecular flexibility index (Phi) is 10.6. The van der Waals surface area contributed by atoms with Gasteiger partial charge in [0.15, 0.2) is 0 Å². The molecule has 0 radical (unpaired) electrons. The van der Waals surface area contributed by atoms with Gasteiger partial charge < -0.3 is 18.9 Å². The highest BCUT2D eigenvalue weighted by Gasteiger charge is 2.22. The molecular weight excluding hydrogens is 428 g/mol. The lowest BCUT2D eigenvalue weighted by atomic mass is 9.96. The first-order valence-corrected chi connectivity index (χ1v) is 12.3. The fraction of sp³-hybridized carbons (Fsp3) is 0.483. The van der Waals surface area contributed by atoms with Crippen molar-refractivity contribution in [1.29, 1.82) is 0 Å². The second-order valence-electron chi connectivity index (χ2n) is 9.05. The predicted molar refractivity (Wildman–Crippen MR) is 135 cm³/mol. The van der Waals surface area contributed by atoms with Gasteiger partial charge in [0.2, 0.25) is 0 Å². The number of methoxy groups -OCH3 is 2. The lowest BCUT2D eigenvalue weighted by molar-refractivity contribution is -0.0542. The molecule has 1 saturated heterocycles. The molecule has 0 unspecified atom stereocenters. The van der Waals surface area contributed by atoms with E-state index in [9.17, 15) is 4.79 Å². The first-order valence-electron chi connectivity index (χ1n) is 12.3. The van der Waals surface area contributed by atoms with Crippen molar-refractivity contribution < 1.29 is 23.7 Å². The van der Waals surface area contributed by atoms with Crippen LogP contribution in [-0.4, -0.2) is 39.0 Å². The SMILES string of the molecule is COC(=O)c1c(/C=C/C[C@H]2CCC[C@@H](CC[C@H](C)COCc3ccccc3)O2)cccc1OC. The van der Waals surface area contributed by atoms with Crippen LogP contribution in [0.25, 0.3) is 6.08 Å². The number of hydrogen-bond acceptors (Lipinski definition) is 5. The van der Waals surface area contributed by atoms with Crippen molar-refractivity contribution in [1.82, 2.24) is 0 Å². The minimum absolute atomic E-state index is 0.215. The van der Waals surface area contributed by atoms with Crippen LogP contribution in [0.15, 0.2) is 54.6 Å². The molecule has 1 heterocycles. The number of ether oxygens (including phenoxy) is 4. The van der Waals surface area contributed by atoms with Crippen LogP contribution in [-0.2, 0) is 20.8 Å². The van der Waals surface area contributed by atoms with Crippen LogP contribution in [0.1, 0.15) is 66.9 Å². The van der Waals surface area contributed by atoms with Crippen LogP contribution in [0.5, 0.6) is 5.75 Å². The van der Waals surface area contributed by atoms with Gasteiger partial charge in [-0.15, -0.1) is 0 Å². The van der Waals surface area contributed by atoms with Crippen LogP contribution < -0.4 is 4.74 Å². The summed E-state index contributed by atoms with van der Waals surface area (Å²) in [6, 6.07) is 15.9. The second kappa shape index (κ2) is 13.9. The highest BCUT2D eigenvalue weighted by Crippen LogP contribution is 2.27. The number of rotatable bonds is 12. The van der Waals surface area contributed by atoms with E-state index in [0.717, 1.165) is 44.3 Å². The summed E-state index contributed by atoms with van der Waals surface area (Å²) in [7, 11) is 2.94. The highest BCUT2D eigenvalue weighted by atomic mass is 16.5. The minimum atomic E-state index is -0.395.